The zero-order valence-electron chi connectivity index (χ0n) is 20.3. The summed E-state index contributed by atoms with van der Waals surface area (Å²) >= 11 is 0. The fraction of sp³-hybridized carbons (Fsp3) is 0.519. The highest BCUT2D eigenvalue weighted by molar-refractivity contribution is 5.79. The monoisotopic (exact) mass is 543 g/mol. The Labute approximate surface area is 214 Å². The molecule has 5 rings (SSSR count). The van der Waals surface area contributed by atoms with E-state index in [1.165, 1.54) is 0 Å². The number of hydrogen-bond donors (Lipinski definition) is 3. The van der Waals surface area contributed by atoms with Gasteiger partial charge in [0.2, 0.25) is 0 Å². The number of aliphatic hydroxyl groups excluding tert-OH is 1. The maximum absolute atomic E-state index is 13.5. The zero-order valence-corrected chi connectivity index (χ0v) is 20.3. The highest BCUT2D eigenvalue weighted by Gasteiger charge is 2.56. The minimum absolute atomic E-state index is 0.391. The number of aryl methyl sites for hydroxylation is 1. The van der Waals surface area contributed by atoms with E-state index < -0.39 is 58.3 Å². The molecule has 1 spiro atoms. The molecule has 2 aromatic rings. The van der Waals surface area contributed by atoms with E-state index in [1.54, 1.807) is 12.1 Å². The summed E-state index contributed by atoms with van der Waals surface area (Å²) < 4.78 is 86.3. The van der Waals surface area contributed by atoms with E-state index in [9.17, 15) is 41.4 Å². The maximum atomic E-state index is 13.5. The standard InChI is InChI=1S/C27H27F6NO4/c28-26(29,30)17-3-4-19(27(31,32)33)20(14-17)34-18-6-9-24(10-7-18)8-5-15-1-2-16(13-21(15)38-24)22(35)25(11-12-25)23(36)37/h1-4,13-14,18,22,34-35H,5-12H2,(H,36,37)/t18?,22-,24?/m0/s1. The molecule has 0 unspecified atom stereocenters. The third-order valence-electron chi connectivity index (χ3n) is 8.23. The molecule has 2 aromatic carbocycles. The molecule has 206 valence electrons. The molecule has 2 fully saturated rings. The number of ether oxygens (including phenoxy) is 1. The number of alkyl halides is 6. The number of fused-ring (bicyclic) bond motifs is 1. The Morgan fingerprint density at radius 3 is 2.21 bits per heavy atom. The number of aliphatic carboxylic acids is 1. The molecule has 0 amide bonds. The highest BCUT2D eigenvalue weighted by Crippen LogP contribution is 2.56. The summed E-state index contributed by atoms with van der Waals surface area (Å²) in [4.78, 5) is 11.6. The van der Waals surface area contributed by atoms with Crippen molar-refractivity contribution in [2.75, 3.05) is 5.32 Å². The fourth-order valence-electron chi connectivity index (χ4n) is 5.69. The summed E-state index contributed by atoms with van der Waals surface area (Å²) in [6.07, 6.45) is -6.85. The summed E-state index contributed by atoms with van der Waals surface area (Å²) in [5.74, 6) is -0.488. The van der Waals surface area contributed by atoms with E-state index in [2.05, 4.69) is 5.32 Å². The molecule has 1 heterocycles. The van der Waals surface area contributed by atoms with Gasteiger partial charge in [0.25, 0.3) is 0 Å². The highest BCUT2D eigenvalue weighted by atomic mass is 19.4. The number of hydrogen-bond acceptors (Lipinski definition) is 4. The van der Waals surface area contributed by atoms with Crippen LogP contribution in [0.1, 0.15) is 73.3 Å². The largest absolute Gasteiger partial charge is 0.487 e. The number of rotatable bonds is 5. The number of carboxylic acid groups (broad SMARTS) is 1. The molecule has 0 radical (unpaired) electrons. The van der Waals surface area contributed by atoms with E-state index in [0.29, 0.717) is 80.9 Å². The molecule has 38 heavy (non-hydrogen) atoms. The number of benzene rings is 2. The SMILES string of the molecule is O=C(O)C1([C@@H](O)c2ccc3c(c2)OC2(CC3)CCC(Nc3cc(C(F)(F)F)ccc3C(F)(F)F)CC2)CC1. The van der Waals surface area contributed by atoms with E-state index in [0.717, 1.165) is 5.56 Å². The summed E-state index contributed by atoms with van der Waals surface area (Å²) in [5.41, 5.74) is -3.26. The summed E-state index contributed by atoms with van der Waals surface area (Å²) in [6.45, 7) is 0. The predicted molar refractivity (Wildman–Crippen MR) is 125 cm³/mol. The summed E-state index contributed by atoms with van der Waals surface area (Å²) in [5, 5.41) is 22.9. The molecule has 3 N–H and O–H groups in total. The molecule has 3 aliphatic rings. The van der Waals surface area contributed by atoms with Gasteiger partial charge < -0.3 is 20.3 Å². The molecular formula is C27H27F6NO4. The smallest absolute Gasteiger partial charge is 0.418 e. The number of carbonyl (C=O) groups is 1. The normalized spacial score (nSPS) is 25.3. The third-order valence-corrected chi connectivity index (χ3v) is 8.23. The second kappa shape index (κ2) is 9.07. The fourth-order valence-corrected chi connectivity index (χ4v) is 5.69. The second-order valence-electron chi connectivity index (χ2n) is 10.7. The van der Waals surface area contributed by atoms with E-state index >= 15 is 0 Å². The molecular weight excluding hydrogens is 516 g/mol. The molecule has 0 aromatic heterocycles. The predicted octanol–water partition coefficient (Wildman–Crippen LogP) is 6.74. The molecule has 0 bridgehead atoms. The number of anilines is 1. The maximum Gasteiger partial charge on any atom is 0.418 e. The van der Waals surface area contributed by atoms with Gasteiger partial charge in [0.15, 0.2) is 0 Å². The zero-order chi connectivity index (χ0) is 27.5. The molecule has 0 saturated heterocycles. The van der Waals surface area contributed by atoms with Crippen LogP contribution in [0.4, 0.5) is 32.0 Å². The van der Waals surface area contributed by atoms with Crippen LogP contribution in [-0.4, -0.2) is 27.8 Å². The van der Waals surface area contributed by atoms with Gasteiger partial charge in [-0.05, 0) is 86.8 Å². The third kappa shape index (κ3) is 4.92. The van der Waals surface area contributed by atoms with Crippen LogP contribution >= 0.6 is 0 Å². The van der Waals surface area contributed by atoms with Gasteiger partial charge >= 0.3 is 18.3 Å². The van der Waals surface area contributed by atoms with Crippen LogP contribution < -0.4 is 10.1 Å². The van der Waals surface area contributed by atoms with Crippen molar-refractivity contribution in [1.29, 1.82) is 0 Å². The van der Waals surface area contributed by atoms with Crippen molar-refractivity contribution in [1.82, 2.24) is 0 Å². The van der Waals surface area contributed by atoms with Gasteiger partial charge in [-0.2, -0.15) is 26.3 Å². The van der Waals surface area contributed by atoms with Crippen molar-refractivity contribution in [3.05, 3.63) is 58.7 Å². The van der Waals surface area contributed by atoms with Crippen LogP contribution in [0.3, 0.4) is 0 Å². The van der Waals surface area contributed by atoms with Crippen LogP contribution in [0.15, 0.2) is 36.4 Å². The molecule has 5 nitrogen and oxygen atoms in total. The van der Waals surface area contributed by atoms with Crippen LogP contribution in [0.2, 0.25) is 0 Å². The van der Waals surface area contributed by atoms with Crippen molar-refractivity contribution in [2.24, 2.45) is 5.41 Å². The Bertz CT molecular complexity index is 1230. The van der Waals surface area contributed by atoms with Crippen LogP contribution in [0, 0.1) is 5.41 Å². The lowest BCUT2D eigenvalue weighted by atomic mass is 9.76. The van der Waals surface area contributed by atoms with Crippen molar-refractivity contribution >= 4 is 11.7 Å². The van der Waals surface area contributed by atoms with Gasteiger partial charge in [0.05, 0.1) is 22.6 Å². The van der Waals surface area contributed by atoms with Gasteiger partial charge in [-0.25, -0.2) is 0 Å². The van der Waals surface area contributed by atoms with Gasteiger partial charge in [-0.1, -0.05) is 12.1 Å². The van der Waals surface area contributed by atoms with Gasteiger partial charge in [-0.15, -0.1) is 0 Å². The van der Waals surface area contributed by atoms with Crippen molar-refractivity contribution in [3.8, 4) is 5.75 Å². The van der Waals surface area contributed by atoms with Crippen LogP contribution in [0.5, 0.6) is 5.75 Å². The Hall–Kier alpha value is -2.95. The molecule has 11 heteroatoms. The first-order chi connectivity index (χ1) is 17.7. The molecule has 2 saturated carbocycles. The Morgan fingerprint density at radius 2 is 1.63 bits per heavy atom. The quantitative estimate of drug-likeness (QED) is 0.364. The Morgan fingerprint density at radius 1 is 0.947 bits per heavy atom. The average molecular weight is 544 g/mol. The van der Waals surface area contributed by atoms with E-state index in [-0.39, 0.29) is 0 Å². The van der Waals surface area contributed by atoms with Crippen molar-refractivity contribution in [3.63, 3.8) is 0 Å². The Balaban J connectivity index is 1.29. The first-order valence-corrected chi connectivity index (χ1v) is 12.5. The second-order valence-corrected chi connectivity index (χ2v) is 10.7. The molecule has 1 atom stereocenters. The minimum Gasteiger partial charge on any atom is -0.487 e. The lowest BCUT2D eigenvalue weighted by Gasteiger charge is -2.44. The number of halogens is 6. The van der Waals surface area contributed by atoms with Crippen molar-refractivity contribution < 1.29 is 46.1 Å². The van der Waals surface area contributed by atoms with E-state index in [1.807, 2.05) is 6.07 Å². The first kappa shape index (κ1) is 26.6. The Kier molecular flexibility index (Phi) is 6.36. The van der Waals surface area contributed by atoms with Gasteiger partial charge in [0, 0.05) is 11.7 Å². The summed E-state index contributed by atoms with van der Waals surface area (Å²) in [7, 11) is 0. The van der Waals surface area contributed by atoms with E-state index in [4.69, 9.17) is 4.74 Å². The lowest BCUT2D eigenvalue weighted by Crippen LogP contribution is -2.45. The molecule has 1 aliphatic heterocycles. The average Bonchev–Trinajstić information content (AvgIpc) is 3.66. The molecule has 2 aliphatic carbocycles. The first-order valence-electron chi connectivity index (χ1n) is 12.5. The van der Waals surface area contributed by atoms with Crippen LogP contribution in [0.25, 0.3) is 0 Å². The van der Waals surface area contributed by atoms with Gasteiger partial charge in [-0.3, -0.25) is 4.79 Å². The summed E-state index contributed by atoms with van der Waals surface area (Å²) in [6, 6.07) is 6.14. The van der Waals surface area contributed by atoms with Gasteiger partial charge in [0.1, 0.15) is 11.4 Å². The minimum atomic E-state index is -4.81. The number of carboxylic acids is 1. The van der Waals surface area contributed by atoms with Crippen LogP contribution in [-0.2, 0) is 23.6 Å². The number of aliphatic hydroxyl groups is 1. The van der Waals surface area contributed by atoms with Crippen molar-refractivity contribution in [2.45, 2.75) is 81.5 Å². The topological polar surface area (TPSA) is 78.8 Å². The number of nitrogens with one attached hydrogen (secondary N) is 1. The lowest BCUT2D eigenvalue weighted by molar-refractivity contribution is -0.148.